The van der Waals surface area contributed by atoms with Gasteiger partial charge < -0.3 is 14.9 Å². The summed E-state index contributed by atoms with van der Waals surface area (Å²) in [6.07, 6.45) is -1.06. The van der Waals surface area contributed by atoms with Gasteiger partial charge in [0.05, 0.1) is 12.0 Å². The zero-order valence-electron chi connectivity index (χ0n) is 11.1. The molecule has 2 aromatic rings. The van der Waals surface area contributed by atoms with Crippen LogP contribution in [0.1, 0.15) is 18.6 Å². The predicted octanol–water partition coefficient (Wildman–Crippen LogP) is 3.23. The summed E-state index contributed by atoms with van der Waals surface area (Å²) in [6, 6.07) is 16.1. The Hall–Kier alpha value is -2.33. The molecule has 0 amide bonds. The molecule has 0 aliphatic heterocycles. The zero-order valence-corrected chi connectivity index (χ0v) is 11.1. The van der Waals surface area contributed by atoms with Gasteiger partial charge in [0, 0.05) is 0 Å². The first-order chi connectivity index (χ1) is 9.58. The van der Waals surface area contributed by atoms with Crippen LogP contribution < -0.4 is 4.74 Å². The van der Waals surface area contributed by atoms with Crippen molar-refractivity contribution in [1.29, 1.82) is 0 Å². The molecule has 0 aliphatic rings. The normalized spacial score (nSPS) is 13.5. The molecule has 0 spiro atoms. The summed E-state index contributed by atoms with van der Waals surface area (Å²) in [7, 11) is 0. The fraction of sp³-hybridized carbons (Fsp3) is 0.188. The second kappa shape index (κ2) is 6.21. The average Bonchev–Trinajstić information content (AvgIpc) is 2.47. The van der Waals surface area contributed by atoms with Gasteiger partial charge in [0.25, 0.3) is 0 Å². The van der Waals surface area contributed by atoms with Gasteiger partial charge in [-0.1, -0.05) is 30.3 Å². The van der Waals surface area contributed by atoms with Crippen LogP contribution in [0.5, 0.6) is 11.5 Å². The SMILES string of the molecule is CC(C(=O)O)C(O)c1cccc(Oc2ccccc2)c1. The molecule has 2 unspecified atom stereocenters. The number of aliphatic hydroxyl groups is 1. The Balaban J connectivity index is 2.18. The van der Waals surface area contributed by atoms with E-state index in [9.17, 15) is 9.90 Å². The number of benzene rings is 2. The van der Waals surface area contributed by atoms with E-state index in [-0.39, 0.29) is 0 Å². The van der Waals surface area contributed by atoms with Gasteiger partial charge in [-0.2, -0.15) is 0 Å². The first kappa shape index (κ1) is 14.1. The van der Waals surface area contributed by atoms with Gasteiger partial charge in [-0.25, -0.2) is 0 Å². The van der Waals surface area contributed by atoms with Crippen LogP contribution in [0.2, 0.25) is 0 Å². The number of carbonyl (C=O) groups is 1. The summed E-state index contributed by atoms with van der Waals surface area (Å²) in [6.45, 7) is 1.47. The number of carboxylic acids is 1. The monoisotopic (exact) mass is 272 g/mol. The molecule has 4 nitrogen and oxygen atoms in total. The van der Waals surface area contributed by atoms with Crippen molar-refractivity contribution in [3.8, 4) is 11.5 Å². The minimum atomic E-state index is -1.06. The van der Waals surface area contributed by atoms with Crippen LogP contribution in [0.4, 0.5) is 0 Å². The summed E-state index contributed by atoms with van der Waals surface area (Å²) in [5, 5.41) is 18.9. The van der Waals surface area contributed by atoms with Crippen molar-refractivity contribution >= 4 is 5.97 Å². The van der Waals surface area contributed by atoms with Gasteiger partial charge in [-0.05, 0) is 36.8 Å². The number of ether oxygens (including phenoxy) is 1. The summed E-state index contributed by atoms with van der Waals surface area (Å²) < 4.78 is 5.65. The Morgan fingerprint density at radius 2 is 1.70 bits per heavy atom. The second-order valence-corrected chi connectivity index (χ2v) is 4.56. The maximum Gasteiger partial charge on any atom is 0.309 e. The Labute approximate surface area is 117 Å². The molecule has 0 saturated carbocycles. The highest BCUT2D eigenvalue weighted by atomic mass is 16.5. The first-order valence-corrected chi connectivity index (χ1v) is 6.31. The van der Waals surface area contributed by atoms with Crippen LogP contribution in [0.3, 0.4) is 0 Å². The summed E-state index contributed by atoms with van der Waals surface area (Å²) >= 11 is 0. The molecular weight excluding hydrogens is 256 g/mol. The fourth-order valence-corrected chi connectivity index (χ4v) is 1.81. The predicted molar refractivity (Wildman–Crippen MR) is 74.7 cm³/mol. The van der Waals surface area contributed by atoms with Gasteiger partial charge in [0.1, 0.15) is 11.5 Å². The lowest BCUT2D eigenvalue weighted by molar-refractivity contribution is -0.145. The summed E-state index contributed by atoms with van der Waals surface area (Å²) in [5.74, 6) is -0.662. The number of carboxylic acid groups (broad SMARTS) is 1. The number of hydrogen-bond acceptors (Lipinski definition) is 3. The van der Waals surface area contributed by atoms with Crippen LogP contribution in [0, 0.1) is 5.92 Å². The smallest absolute Gasteiger partial charge is 0.309 e. The van der Waals surface area contributed by atoms with Crippen molar-refractivity contribution in [3.05, 3.63) is 60.2 Å². The third-order valence-electron chi connectivity index (χ3n) is 3.04. The van der Waals surface area contributed by atoms with Gasteiger partial charge in [0.2, 0.25) is 0 Å². The molecule has 0 aromatic heterocycles. The van der Waals surface area contributed by atoms with Crippen molar-refractivity contribution in [2.75, 3.05) is 0 Å². The van der Waals surface area contributed by atoms with E-state index < -0.39 is 18.0 Å². The maximum absolute atomic E-state index is 10.9. The van der Waals surface area contributed by atoms with E-state index in [1.54, 1.807) is 24.3 Å². The van der Waals surface area contributed by atoms with E-state index in [4.69, 9.17) is 9.84 Å². The Morgan fingerprint density at radius 1 is 1.05 bits per heavy atom. The van der Waals surface area contributed by atoms with Gasteiger partial charge in [-0.15, -0.1) is 0 Å². The molecule has 20 heavy (non-hydrogen) atoms. The molecule has 4 heteroatoms. The third kappa shape index (κ3) is 3.36. The van der Waals surface area contributed by atoms with E-state index >= 15 is 0 Å². The molecule has 0 saturated heterocycles. The minimum absolute atomic E-state index is 0.522. The first-order valence-electron chi connectivity index (χ1n) is 6.31. The van der Waals surface area contributed by atoms with Crippen molar-refractivity contribution in [2.24, 2.45) is 5.92 Å². The van der Waals surface area contributed by atoms with Crippen molar-refractivity contribution in [1.82, 2.24) is 0 Å². The lowest BCUT2D eigenvalue weighted by Gasteiger charge is -2.16. The van der Waals surface area contributed by atoms with E-state index in [2.05, 4.69) is 0 Å². The molecule has 2 N–H and O–H groups in total. The number of rotatable bonds is 5. The zero-order chi connectivity index (χ0) is 14.5. The molecule has 0 radical (unpaired) electrons. The maximum atomic E-state index is 10.9. The highest BCUT2D eigenvalue weighted by Crippen LogP contribution is 2.27. The Morgan fingerprint density at radius 3 is 2.35 bits per heavy atom. The largest absolute Gasteiger partial charge is 0.481 e. The van der Waals surface area contributed by atoms with E-state index in [1.807, 2.05) is 30.3 Å². The molecule has 104 valence electrons. The molecule has 2 atom stereocenters. The van der Waals surface area contributed by atoms with E-state index in [0.717, 1.165) is 0 Å². The molecule has 2 aromatic carbocycles. The average molecular weight is 272 g/mol. The molecule has 2 rings (SSSR count). The molecule has 0 heterocycles. The Bertz CT molecular complexity index is 580. The number of para-hydroxylation sites is 1. The number of aliphatic hydroxyl groups excluding tert-OH is 1. The van der Waals surface area contributed by atoms with E-state index in [0.29, 0.717) is 17.1 Å². The van der Waals surface area contributed by atoms with Crippen LogP contribution in [-0.4, -0.2) is 16.2 Å². The van der Waals surface area contributed by atoms with Crippen LogP contribution in [0.25, 0.3) is 0 Å². The standard InChI is InChI=1S/C16H16O4/c1-11(16(18)19)15(17)12-6-5-9-14(10-12)20-13-7-3-2-4-8-13/h2-11,15,17H,1H3,(H,18,19). The molecular formula is C16H16O4. The van der Waals surface area contributed by atoms with E-state index in [1.165, 1.54) is 6.92 Å². The molecule has 0 bridgehead atoms. The van der Waals surface area contributed by atoms with Crippen LogP contribution in [0.15, 0.2) is 54.6 Å². The van der Waals surface area contributed by atoms with Crippen molar-refractivity contribution in [3.63, 3.8) is 0 Å². The minimum Gasteiger partial charge on any atom is -0.481 e. The number of hydrogen-bond donors (Lipinski definition) is 2. The summed E-state index contributed by atoms with van der Waals surface area (Å²) in [4.78, 5) is 10.9. The van der Waals surface area contributed by atoms with Crippen LogP contribution in [-0.2, 0) is 4.79 Å². The Kier molecular flexibility index (Phi) is 4.38. The quantitative estimate of drug-likeness (QED) is 0.877. The topological polar surface area (TPSA) is 66.8 Å². The van der Waals surface area contributed by atoms with Crippen LogP contribution >= 0.6 is 0 Å². The lowest BCUT2D eigenvalue weighted by atomic mass is 9.97. The highest BCUT2D eigenvalue weighted by Gasteiger charge is 2.23. The van der Waals surface area contributed by atoms with Gasteiger partial charge in [-0.3, -0.25) is 4.79 Å². The van der Waals surface area contributed by atoms with Crippen molar-refractivity contribution < 1.29 is 19.7 Å². The highest BCUT2D eigenvalue weighted by molar-refractivity contribution is 5.70. The summed E-state index contributed by atoms with van der Waals surface area (Å²) in [5.41, 5.74) is 0.522. The second-order valence-electron chi connectivity index (χ2n) is 4.56. The lowest BCUT2D eigenvalue weighted by Crippen LogP contribution is -2.18. The fourth-order valence-electron chi connectivity index (χ4n) is 1.81. The van der Waals surface area contributed by atoms with Crippen molar-refractivity contribution in [2.45, 2.75) is 13.0 Å². The molecule has 0 aliphatic carbocycles. The number of aliphatic carboxylic acids is 1. The molecule has 0 fully saturated rings. The third-order valence-corrected chi connectivity index (χ3v) is 3.04. The van der Waals surface area contributed by atoms with Gasteiger partial charge in [0.15, 0.2) is 0 Å². The van der Waals surface area contributed by atoms with Gasteiger partial charge >= 0.3 is 5.97 Å².